The monoisotopic (exact) mass is 349 g/mol. The van der Waals surface area contributed by atoms with E-state index in [1.165, 1.54) is 51.4 Å². The molecule has 3 rings (SSSR count). The zero-order valence-electron chi connectivity index (χ0n) is 14.4. The second-order valence-electron chi connectivity index (χ2n) is 6.57. The molecule has 0 radical (unpaired) electrons. The largest absolute Gasteiger partial charge is 0.481 e. The summed E-state index contributed by atoms with van der Waals surface area (Å²) >= 11 is 5.46. The van der Waals surface area contributed by atoms with Crippen molar-refractivity contribution in [3.05, 3.63) is 6.07 Å². The van der Waals surface area contributed by atoms with Crippen LogP contribution in [0.1, 0.15) is 51.4 Å². The summed E-state index contributed by atoms with van der Waals surface area (Å²) in [5.74, 6) is 1.97. The molecule has 1 saturated carbocycles. The van der Waals surface area contributed by atoms with Crippen molar-refractivity contribution in [3.8, 4) is 5.88 Å². The minimum absolute atomic E-state index is 0.455. The number of nitrogens with zero attached hydrogens (tertiary/aromatic N) is 3. The maximum atomic E-state index is 5.46. The van der Waals surface area contributed by atoms with Crippen molar-refractivity contribution < 1.29 is 4.74 Å². The number of rotatable bonds is 4. The van der Waals surface area contributed by atoms with Crippen molar-refractivity contribution in [1.29, 1.82) is 0 Å². The maximum absolute atomic E-state index is 5.46. The zero-order chi connectivity index (χ0) is 16.8. The molecule has 1 saturated heterocycles. The number of aromatic nitrogens is 2. The molecule has 1 aliphatic carbocycles. The lowest BCUT2D eigenvalue weighted by atomic mass is 10.1. The lowest BCUT2D eigenvalue weighted by Crippen LogP contribution is -2.37. The van der Waals surface area contributed by atoms with E-state index in [1.54, 1.807) is 7.11 Å². The number of hydrogen-bond acceptors (Lipinski definition) is 5. The molecule has 2 N–H and O–H groups in total. The fourth-order valence-electron chi connectivity index (χ4n) is 3.43. The Morgan fingerprint density at radius 3 is 2.50 bits per heavy atom. The first-order valence-electron chi connectivity index (χ1n) is 9.00. The second-order valence-corrected chi connectivity index (χ2v) is 6.98. The van der Waals surface area contributed by atoms with Gasteiger partial charge in [0.15, 0.2) is 5.11 Å². The van der Waals surface area contributed by atoms with Gasteiger partial charge >= 0.3 is 0 Å². The Bertz CT molecular complexity index is 554. The van der Waals surface area contributed by atoms with Crippen molar-refractivity contribution in [2.45, 2.75) is 57.4 Å². The molecule has 0 aromatic carbocycles. The Balaban J connectivity index is 1.64. The van der Waals surface area contributed by atoms with Crippen LogP contribution < -0.4 is 20.3 Å². The quantitative estimate of drug-likeness (QED) is 0.640. The van der Waals surface area contributed by atoms with Gasteiger partial charge in [-0.2, -0.15) is 9.97 Å². The highest BCUT2D eigenvalue weighted by Crippen LogP contribution is 2.23. The predicted octanol–water partition coefficient (Wildman–Crippen LogP) is 3.09. The summed E-state index contributed by atoms with van der Waals surface area (Å²) in [4.78, 5) is 11.2. The topological polar surface area (TPSA) is 62.3 Å². The van der Waals surface area contributed by atoms with E-state index in [0.29, 0.717) is 23.0 Å². The first-order valence-corrected chi connectivity index (χ1v) is 9.41. The number of thiocarbonyl (C=S) groups is 1. The molecular weight excluding hydrogens is 322 g/mol. The summed E-state index contributed by atoms with van der Waals surface area (Å²) in [5.41, 5.74) is 0. The third kappa shape index (κ3) is 4.69. The normalized spacial score (nSPS) is 19.0. The molecule has 24 heavy (non-hydrogen) atoms. The minimum Gasteiger partial charge on any atom is -0.481 e. The van der Waals surface area contributed by atoms with Crippen LogP contribution in [0, 0.1) is 0 Å². The van der Waals surface area contributed by atoms with Crippen LogP contribution in [0.15, 0.2) is 6.07 Å². The van der Waals surface area contributed by atoms with E-state index in [4.69, 9.17) is 17.0 Å². The third-order valence-corrected chi connectivity index (χ3v) is 4.96. The van der Waals surface area contributed by atoms with E-state index >= 15 is 0 Å². The third-order valence-electron chi connectivity index (χ3n) is 4.74. The van der Waals surface area contributed by atoms with Gasteiger partial charge in [0, 0.05) is 25.2 Å². The van der Waals surface area contributed by atoms with Gasteiger partial charge in [-0.3, -0.25) is 0 Å². The molecule has 1 aromatic rings. The minimum atomic E-state index is 0.455. The van der Waals surface area contributed by atoms with Gasteiger partial charge in [0.1, 0.15) is 5.82 Å². The van der Waals surface area contributed by atoms with Crippen molar-refractivity contribution in [1.82, 2.24) is 15.3 Å². The summed E-state index contributed by atoms with van der Waals surface area (Å²) in [7, 11) is 1.63. The smallest absolute Gasteiger partial charge is 0.234 e. The Kier molecular flexibility index (Phi) is 6.07. The van der Waals surface area contributed by atoms with Crippen LogP contribution in [0.25, 0.3) is 0 Å². The summed E-state index contributed by atoms with van der Waals surface area (Å²) in [6.07, 6.45) is 9.98. The Morgan fingerprint density at radius 1 is 1.12 bits per heavy atom. The summed E-state index contributed by atoms with van der Waals surface area (Å²) in [6, 6.07) is 2.34. The lowest BCUT2D eigenvalue weighted by Gasteiger charge is -2.20. The van der Waals surface area contributed by atoms with Crippen molar-refractivity contribution >= 4 is 29.1 Å². The van der Waals surface area contributed by atoms with Crippen molar-refractivity contribution in [3.63, 3.8) is 0 Å². The fraction of sp³-hybridized carbons (Fsp3) is 0.706. The first-order chi connectivity index (χ1) is 11.7. The average molecular weight is 350 g/mol. The summed E-state index contributed by atoms with van der Waals surface area (Å²) in [6.45, 7) is 2.06. The summed E-state index contributed by atoms with van der Waals surface area (Å²) < 4.78 is 5.32. The SMILES string of the molecule is COc1cc(N2CCCC2)nc(NC(=S)NC2CCCCCC2)n1. The fourth-order valence-corrected chi connectivity index (χ4v) is 3.69. The van der Waals surface area contributed by atoms with Gasteiger partial charge < -0.3 is 20.3 Å². The predicted molar refractivity (Wildman–Crippen MR) is 101 cm³/mol. The molecule has 7 heteroatoms. The van der Waals surface area contributed by atoms with Gasteiger partial charge in [-0.15, -0.1) is 0 Å². The number of methoxy groups -OCH3 is 1. The van der Waals surface area contributed by atoms with E-state index in [2.05, 4.69) is 25.5 Å². The van der Waals surface area contributed by atoms with Gasteiger partial charge in [0.25, 0.3) is 0 Å². The number of nitrogens with one attached hydrogen (secondary N) is 2. The molecule has 0 atom stereocenters. The van der Waals surface area contributed by atoms with Crippen molar-refractivity contribution in [2.75, 3.05) is 30.4 Å². The second kappa shape index (κ2) is 8.46. The van der Waals surface area contributed by atoms with E-state index in [0.717, 1.165) is 18.9 Å². The molecule has 0 unspecified atom stereocenters. The van der Waals surface area contributed by atoms with Crippen LogP contribution in [-0.2, 0) is 0 Å². The zero-order valence-corrected chi connectivity index (χ0v) is 15.2. The van der Waals surface area contributed by atoms with E-state index < -0.39 is 0 Å². The molecular formula is C17H27N5OS. The molecule has 2 aliphatic rings. The van der Waals surface area contributed by atoms with Gasteiger partial charge in [0.05, 0.1) is 7.11 Å². The number of ether oxygens (including phenoxy) is 1. The highest BCUT2D eigenvalue weighted by atomic mass is 32.1. The number of anilines is 2. The molecule has 1 aromatic heterocycles. The van der Waals surface area contributed by atoms with Crippen LogP contribution >= 0.6 is 12.2 Å². The van der Waals surface area contributed by atoms with Gasteiger partial charge in [-0.1, -0.05) is 25.7 Å². The van der Waals surface area contributed by atoms with E-state index in [-0.39, 0.29) is 0 Å². The van der Waals surface area contributed by atoms with E-state index in [9.17, 15) is 0 Å². The standard InChI is InChI=1S/C17H27N5OS/c1-23-15-12-14(22-10-6-7-11-22)19-16(20-15)21-17(24)18-13-8-4-2-3-5-9-13/h12-13H,2-11H2,1H3,(H2,18,19,20,21,24). The van der Waals surface area contributed by atoms with Crippen LogP contribution in [-0.4, -0.2) is 41.3 Å². The van der Waals surface area contributed by atoms with Gasteiger partial charge in [-0.05, 0) is 37.9 Å². The van der Waals surface area contributed by atoms with Gasteiger partial charge in [0.2, 0.25) is 11.8 Å². The van der Waals surface area contributed by atoms with Crippen LogP contribution in [0.3, 0.4) is 0 Å². The van der Waals surface area contributed by atoms with Crippen molar-refractivity contribution in [2.24, 2.45) is 0 Å². The molecule has 0 spiro atoms. The lowest BCUT2D eigenvalue weighted by molar-refractivity contribution is 0.397. The molecule has 6 nitrogen and oxygen atoms in total. The summed E-state index contributed by atoms with van der Waals surface area (Å²) in [5, 5.41) is 7.16. The Labute approximate surface area is 149 Å². The molecule has 1 aliphatic heterocycles. The van der Waals surface area contributed by atoms with E-state index in [1.807, 2.05) is 6.07 Å². The van der Waals surface area contributed by atoms with Gasteiger partial charge in [-0.25, -0.2) is 0 Å². The molecule has 132 valence electrons. The van der Waals surface area contributed by atoms with Crippen LogP contribution in [0.5, 0.6) is 5.88 Å². The highest BCUT2D eigenvalue weighted by molar-refractivity contribution is 7.80. The Hall–Kier alpha value is -1.63. The average Bonchev–Trinajstić information content (AvgIpc) is 3.00. The number of hydrogen-bond donors (Lipinski definition) is 2. The molecule has 2 fully saturated rings. The molecule has 0 bridgehead atoms. The van der Waals surface area contributed by atoms with Crippen LogP contribution in [0.2, 0.25) is 0 Å². The molecule has 0 amide bonds. The molecule has 2 heterocycles. The van der Waals surface area contributed by atoms with Crippen LogP contribution in [0.4, 0.5) is 11.8 Å². The Morgan fingerprint density at radius 2 is 1.83 bits per heavy atom. The first kappa shape index (κ1) is 17.2. The maximum Gasteiger partial charge on any atom is 0.234 e. The highest BCUT2D eigenvalue weighted by Gasteiger charge is 2.17.